The molecular weight excluding hydrogens is 221 g/mol. The summed E-state index contributed by atoms with van der Waals surface area (Å²) in [4.78, 5) is 0. The first-order valence-electron chi connectivity index (χ1n) is 5.89. The Morgan fingerprint density at radius 2 is 2.41 bits per heavy atom. The van der Waals surface area contributed by atoms with E-state index in [2.05, 4.69) is 5.32 Å². The first-order valence-corrected chi connectivity index (χ1v) is 5.89. The second-order valence-electron chi connectivity index (χ2n) is 4.68. The lowest BCUT2D eigenvalue weighted by atomic mass is 9.81. The number of ether oxygens (including phenoxy) is 1. The van der Waals surface area contributed by atoms with Crippen molar-refractivity contribution in [2.75, 3.05) is 25.1 Å². The van der Waals surface area contributed by atoms with E-state index in [9.17, 15) is 9.50 Å². The fourth-order valence-electron chi connectivity index (χ4n) is 2.23. The molecule has 0 saturated carbocycles. The van der Waals surface area contributed by atoms with Gasteiger partial charge in [-0.2, -0.15) is 0 Å². The zero-order valence-electron chi connectivity index (χ0n) is 9.95. The average molecular weight is 239 g/mol. The number of rotatable bonds is 3. The van der Waals surface area contributed by atoms with Crippen molar-refractivity contribution >= 4 is 5.69 Å². The number of hydrogen-bond acceptors (Lipinski definition) is 3. The molecule has 1 aromatic rings. The van der Waals surface area contributed by atoms with E-state index in [4.69, 9.17) is 4.74 Å². The fourth-order valence-corrected chi connectivity index (χ4v) is 2.23. The number of nitrogens with one attached hydrogen (secondary N) is 1. The summed E-state index contributed by atoms with van der Waals surface area (Å²) < 4.78 is 18.5. The van der Waals surface area contributed by atoms with E-state index in [0.29, 0.717) is 18.9 Å². The monoisotopic (exact) mass is 239 g/mol. The van der Waals surface area contributed by atoms with E-state index >= 15 is 0 Å². The number of benzene rings is 1. The Kier molecular flexibility index (Phi) is 3.64. The van der Waals surface area contributed by atoms with Crippen molar-refractivity contribution in [3.63, 3.8) is 0 Å². The molecule has 2 atom stereocenters. The van der Waals surface area contributed by atoms with Crippen LogP contribution in [0.2, 0.25) is 0 Å². The molecule has 17 heavy (non-hydrogen) atoms. The fraction of sp³-hybridized carbons (Fsp3) is 0.538. The molecule has 1 aromatic carbocycles. The predicted octanol–water partition coefficient (Wildman–Crippen LogP) is 2.03. The van der Waals surface area contributed by atoms with Gasteiger partial charge in [0.05, 0.1) is 18.8 Å². The van der Waals surface area contributed by atoms with Crippen LogP contribution in [0.1, 0.15) is 13.3 Å². The Hall–Kier alpha value is -1.13. The van der Waals surface area contributed by atoms with Crippen LogP contribution in [0.15, 0.2) is 24.3 Å². The van der Waals surface area contributed by atoms with Gasteiger partial charge < -0.3 is 15.2 Å². The summed E-state index contributed by atoms with van der Waals surface area (Å²) >= 11 is 0. The molecule has 0 aromatic heterocycles. The van der Waals surface area contributed by atoms with E-state index in [1.807, 2.05) is 13.0 Å². The summed E-state index contributed by atoms with van der Waals surface area (Å²) in [6.07, 6.45) is 0.723. The lowest BCUT2D eigenvalue weighted by Gasteiger charge is -2.42. The maximum absolute atomic E-state index is 13.1. The Balaban J connectivity index is 2.18. The highest BCUT2D eigenvalue weighted by Gasteiger charge is 2.38. The first-order chi connectivity index (χ1) is 8.16. The molecule has 0 spiro atoms. The largest absolute Gasteiger partial charge is 0.394 e. The Labute approximate surface area is 101 Å². The molecule has 0 radical (unpaired) electrons. The van der Waals surface area contributed by atoms with Gasteiger partial charge >= 0.3 is 0 Å². The second-order valence-corrected chi connectivity index (χ2v) is 4.68. The van der Waals surface area contributed by atoms with Gasteiger partial charge in [-0.1, -0.05) is 13.0 Å². The van der Waals surface area contributed by atoms with Crippen molar-refractivity contribution in [1.29, 1.82) is 0 Å². The molecule has 1 aliphatic rings. The third-order valence-corrected chi connectivity index (χ3v) is 3.50. The molecule has 1 heterocycles. The lowest BCUT2D eigenvalue weighted by Crippen LogP contribution is -2.53. The minimum atomic E-state index is -0.411. The standard InChI is InChI=1S/C13H18FNO2/c1-10-8-17-6-5-13(10,9-16)15-12-4-2-3-11(14)7-12/h2-4,7,10,15-16H,5-6,8-9H2,1H3. The van der Waals surface area contributed by atoms with Crippen molar-refractivity contribution < 1.29 is 14.2 Å². The summed E-state index contributed by atoms with van der Waals surface area (Å²) in [5.41, 5.74) is 0.291. The van der Waals surface area contributed by atoms with Crippen LogP contribution >= 0.6 is 0 Å². The van der Waals surface area contributed by atoms with Crippen LogP contribution in [0, 0.1) is 11.7 Å². The van der Waals surface area contributed by atoms with E-state index in [1.54, 1.807) is 6.07 Å². The minimum absolute atomic E-state index is 0.0219. The van der Waals surface area contributed by atoms with Crippen molar-refractivity contribution in [2.24, 2.45) is 5.92 Å². The molecule has 94 valence electrons. The molecule has 0 amide bonds. The molecule has 0 bridgehead atoms. The quantitative estimate of drug-likeness (QED) is 0.848. The Bertz CT molecular complexity index is 385. The number of halogens is 1. The smallest absolute Gasteiger partial charge is 0.125 e. The van der Waals surface area contributed by atoms with Gasteiger partial charge in [0, 0.05) is 18.2 Å². The first kappa shape index (κ1) is 12.3. The van der Waals surface area contributed by atoms with E-state index in [1.165, 1.54) is 12.1 Å². The van der Waals surface area contributed by atoms with Gasteiger partial charge in [0.2, 0.25) is 0 Å². The summed E-state index contributed by atoms with van der Waals surface area (Å²) in [7, 11) is 0. The molecule has 1 saturated heterocycles. The molecule has 2 unspecified atom stereocenters. The predicted molar refractivity (Wildman–Crippen MR) is 64.4 cm³/mol. The minimum Gasteiger partial charge on any atom is -0.394 e. The summed E-state index contributed by atoms with van der Waals surface area (Å²) in [6, 6.07) is 6.32. The average Bonchev–Trinajstić information content (AvgIpc) is 2.32. The van der Waals surface area contributed by atoms with Gasteiger partial charge in [-0.3, -0.25) is 0 Å². The third-order valence-electron chi connectivity index (χ3n) is 3.50. The van der Waals surface area contributed by atoms with Gasteiger partial charge in [0.15, 0.2) is 0 Å². The molecule has 0 aliphatic carbocycles. The number of aliphatic hydroxyl groups is 1. The lowest BCUT2D eigenvalue weighted by molar-refractivity contribution is -0.00359. The van der Waals surface area contributed by atoms with E-state index in [-0.39, 0.29) is 18.3 Å². The summed E-state index contributed by atoms with van der Waals surface area (Å²) in [6.45, 7) is 3.28. The second kappa shape index (κ2) is 5.02. The van der Waals surface area contributed by atoms with Crippen LogP contribution in [0.3, 0.4) is 0 Å². The van der Waals surface area contributed by atoms with Crippen LogP contribution in [-0.2, 0) is 4.74 Å². The van der Waals surface area contributed by atoms with E-state index < -0.39 is 5.54 Å². The van der Waals surface area contributed by atoms with E-state index in [0.717, 1.165) is 6.42 Å². The van der Waals surface area contributed by atoms with Crippen molar-refractivity contribution in [3.05, 3.63) is 30.1 Å². The highest BCUT2D eigenvalue weighted by molar-refractivity contribution is 5.46. The third kappa shape index (κ3) is 2.58. The number of anilines is 1. The Morgan fingerprint density at radius 1 is 1.59 bits per heavy atom. The van der Waals surface area contributed by atoms with Crippen molar-refractivity contribution in [2.45, 2.75) is 18.9 Å². The summed E-state index contributed by atoms with van der Waals surface area (Å²) in [5, 5.41) is 12.9. The van der Waals surface area contributed by atoms with Crippen LogP contribution in [-0.4, -0.2) is 30.5 Å². The maximum Gasteiger partial charge on any atom is 0.125 e. The van der Waals surface area contributed by atoms with Crippen LogP contribution in [0.5, 0.6) is 0 Å². The SMILES string of the molecule is CC1COCCC1(CO)Nc1cccc(F)c1. The molecule has 2 N–H and O–H groups in total. The highest BCUT2D eigenvalue weighted by atomic mass is 19.1. The van der Waals surface area contributed by atoms with Crippen molar-refractivity contribution in [1.82, 2.24) is 0 Å². The van der Waals surface area contributed by atoms with Crippen LogP contribution < -0.4 is 5.32 Å². The highest BCUT2D eigenvalue weighted by Crippen LogP contribution is 2.30. The molecule has 2 rings (SSSR count). The molecule has 4 heteroatoms. The van der Waals surface area contributed by atoms with Crippen LogP contribution in [0.4, 0.5) is 10.1 Å². The number of hydrogen-bond donors (Lipinski definition) is 2. The van der Waals surface area contributed by atoms with Crippen LogP contribution in [0.25, 0.3) is 0 Å². The normalized spacial score (nSPS) is 29.0. The van der Waals surface area contributed by atoms with Gasteiger partial charge in [0.25, 0.3) is 0 Å². The molecule has 1 fully saturated rings. The molecule has 3 nitrogen and oxygen atoms in total. The molecule has 1 aliphatic heterocycles. The Morgan fingerprint density at radius 3 is 3.06 bits per heavy atom. The maximum atomic E-state index is 13.1. The van der Waals surface area contributed by atoms with Gasteiger partial charge in [-0.05, 0) is 24.6 Å². The zero-order valence-corrected chi connectivity index (χ0v) is 9.95. The van der Waals surface area contributed by atoms with Gasteiger partial charge in [0.1, 0.15) is 5.82 Å². The zero-order chi connectivity index (χ0) is 12.3. The molecular formula is C13H18FNO2. The van der Waals surface area contributed by atoms with Gasteiger partial charge in [-0.25, -0.2) is 4.39 Å². The van der Waals surface area contributed by atoms with Gasteiger partial charge in [-0.15, -0.1) is 0 Å². The summed E-state index contributed by atoms with van der Waals surface area (Å²) in [5.74, 6) is -0.0904. The number of aliphatic hydroxyl groups excluding tert-OH is 1. The topological polar surface area (TPSA) is 41.5 Å². The van der Waals surface area contributed by atoms with Crippen molar-refractivity contribution in [3.8, 4) is 0 Å².